The standard InChI is InChI=1S/C24H24N4O4/c1-3-28-20(16-31-24(28)29)14-17-4-9-21(10-5-17)32-22-11-7-19(8-12-22)27(2)23-13-6-18(26-30)15-25-23/h4-13,15,20H,3,14,16H2,1-2H3/t20-/m0/s1. The third-order valence-corrected chi connectivity index (χ3v) is 5.45. The molecule has 0 N–H and O–H groups in total. The van der Waals surface area contributed by atoms with Crippen molar-refractivity contribution in [2.45, 2.75) is 19.4 Å². The van der Waals surface area contributed by atoms with Crippen LogP contribution in [0.1, 0.15) is 12.5 Å². The molecule has 1 aromatic heterocycles. The first kappa shape index (κ1) is 21.3. The van der Waals surface area contributed by atoms with Gasteiger partial charge in [0.1, 0.15) is 29.6 Å². The summed E-state index contributed by atoms with van der Waals surface area (Å²) in [4.78, 5) is 30.1. The van der Waals surface area contributed by atoms with Crippen LogP contribution in [0.5, 0.6) is 11.5 Å². The van der Waals surface area contributed by atoms with E-state index in [1.165, 1.54) is 6.20 Å². The largest absolute Gasteiger partial charge is 0.457 e. The maximum atomic E-state index is 11.7. The van der Waals surface area contributed by atoms with E-state index in [0.717, 1.165) is 29.2 Å². The van der Waals surface area contributed by atoms with E-state index >= 15 is 0 Å². The van der Waals surface area contributed by atoms with E-state index in [-0.39, 0.29) is 12.1 Å². The lowest BCUT2D eigenvalue weighted by Crippen LogP contribution is -2.34. The maximum absolute atomic E-state index is 11.7. The van der Waals surface area contributed by atoms with Crippen LogP contribution in [0.3, 0.4) is 0 Å². The molecule has 3 aromatic rings. The van der Waals surface area contributed by atoms with Gasteiger partial charge in [-0.1, -0.05) is 12.1 Å². The second kappa shape index (κ2) is 9.47. The van der Waals surface area contributed by atoms with E-state index < -0.39 is 0 Å². The minimum Gasteiger partial charge on any atom is -0.457 e. The Morgan fingerprint density at radius 2 is 1.78 bits per heavy atom. The van der Waals surface area contributed by atoms with Gasteiger partial charge in [-0.3, -0.25) is 0 Å². The summed E-state index contributed by atoms with van der Waals surface area (Å²) in [5, 5.41) is 2.87. The molecule has 164 valence electrons. The number of nitroso groups, excluding NO2 is 1. The quantitative estimate of drug-likeness (QED) is 0.442. The lowest BCUT2D eigenvalue weighted by atomic mass is 10.1. The molecule has 1 saturated heterocycles. The fourth-order valence-electron chi connectivity index (χ4n) is 3.65. The Bertz CT molecular complexity index is 1070. The lowest BCUT2D eigenvalue weighted by molar-refractivity contribution is 0.159. The first-order chi connectivity index (χ1) is 15.6. The number of cyclic esters (lactones) is 1. The summed E-state index contributed by atoms with van der Waals surface area (Å²) in [5.74, 6) is 2.16. The predicted molar refractivity (Wildman–Crippen MR) is 122 cm³/mol. The van der Waals surface area contributed by atoms with Gasteiger partial charge in [0.25, 0.3) is 0 Å². The van der Waals surface area contributed by atoms with E-state index in [1.54, 1.807) is 17.0 Å². The summed E-state index contributed by atoms with van der Waals surface area (Å²) in [6.45, 7) is 3.03. The first-order valence-corrected chi connectivity index (χ1v) is 10.4. The Morgan fingerprint density at radius 1 is 1.09 bits per heavy atom. The third-order valence-electron chi connectivity index (χ3n) is 5.45. The van der Waals surface area contributed by atoms with Crippen molar-refractivity contribution in [3.8, 4) is 11.5 Å². The molecule has 8 nitrogen and oxygen atoms in total. The molecule has 2 heterocycles. The number of rotatable bonds is 8. The van der Waals surface area contributed by atoms with Crippen molar-refractivity contribution in [1.82, 2.24) is 9.88 Å². The number of carbonyl (C=O) groups excluding carboxylic acids is 1. The second-order valence-electron chi connectivity index (χ2n) is 7.49. The van der Waals surface area contributed by atoms with Crippen LogP contribution < -0.4 is 9.64 Å². The normalized spacial score (nSPS) is 15.4. The van der Waals surface area contributed by atoms with Crippen LogP contribution in [0.2, 0.25) is 0 Å². The minimum atomic E-state index is -0.239. The third kappa shape index (κ3) is 4.69. The van der Waals surface area contributed by atoms with Gasteiger partial charge in [0.05, 0.1) is 12.2 Å². The van der Waals surface area contributed by atoms with Gasteiger partial charge in [-0.05, 0) is 72.6 Å². The van der Waals surface area contributed by atoms with Crippen LogP contribution in [0.4, 0.5) is 22.0 Å². The van der Waals surface area contributed by atoms with E-state index in [0.29, 0.717) is 24.7 Å². The predicted octanol–water partition coefficient (Wildman–Crippen LogP) is 5.42. The van der Waals surface area contributed by atoms with Gasteiger partial charge in [0.15, 0.2) is 0 Å². The summed E-state index contributed by atoms with van der Waals surface area (Å²) in [6.07, 6.45) is 1.95. The van der Waals surface area contributed by atoms with Crippen molar-refractivity contribution >= 4 is 23.3 Å². The molecule has 8 heteroatoms. The van der Waals surface area contributed by atoms with Crippen molar-refractivity contribution in [3.05, 3.63) is 77.3 Å². The zero-order chi connectivity index (χ0) is 22.5. The van der Waals surface area contributed by atoms with E-state index in [4.69, 9.17) is 9.47 Å². The molecule has 4 rings (SSSR count). The number of hydrogen-bond donors (Lipinski definition) is 0. The van der Waals surface area contributed by atoms with Crippen LogP contribution in [0.15, 0.2) is 72.0 Å². The van der Waals surface area contributed by atoms with Crippen LogP contribution in [-0.4, -0.2) is 42.2 Å². The van der Waals surface area contributed by atoms with Gasteiger partial charge in [0, 0.05) is 19.3 Å². The minimum absolute atomic E-state index is 0.0733. The maximum Gasteiger partial charge on any atom is 0.410 e. The van der Waals surface area contributed by atoms with Gasteiger partial charge in [0.2, 0.25) is 0 Å². The number of aromatic nitrogens is 1. The molecule has 0 unspecified atom stereocenters. The highest BCUT2D eigenvalue weighted by molar-refractivity contribution is 5.70. The number of hydrogen-bond acceptors (Lipinski definition) is 7. The molecule has 1 aliphatic rings. The van der Waals surface area contributed by atoms with Crippen molar-refractivity contribution < 1.29 is 14.3 Å². The summed E-state index contributed by atoms with van der Waals surface area (Å²) >= 11 is 0. The number of ether oxygens (including phenoxy) is 2. The molecule has 1 fully saturated rings. The highest BCUT2D eigenvalue weighted by Gasteiger charge is 2.31. The zero-order valence-electron chi connectivity index (χ0n) is 18.0. The topological polar surface area (TPSA) is 84.3 Å². The highest BCUT2D eigenvalue weighted by atomic mass is 16.6. The number of nitrogens with zero attached hydrogens (tertiary/aromatic N) is 4. The SMILES string of the molecule is CCN1C(=O)OC[C@@H]1Cc1ccc(Oc2ccc(N(C)c3ccc(N=O)cn3)cc2)cc1. The van der Waals surface area contributed by atoms with Gasteiger partial charge in [-0.25, -0.2) is 9.78 Å². The molecule has 0 saturated carbocycles. The molecule has 1 atom stereocenters. The van der Waals surface area contributed by atoms with E-state index in [9.17, 15) is 9.70 Å². The number of carbonyl (C=O) groups is 1. The number of benzene rings is 2. The molecule has 32 heavy (non-hydrogen) atoms. The van der Waals surface area contributed by atoms with E-state index in [2.05, 4.69) is 10.2 Å². The average Bonchev–Trinajstić information content (AvgIpc) is 3.19. The summed E-state index contributed by atoms with van der Waals surface area (Å²) in [5.41, 5.74) is 2.35. The molecule has 0 spiro atoms. The van der Waals surface area contributed by atoms with Crippen LogP contribution >= 0.6 is 0 Å². The molecule has 0 bridgehead atoms. The summed E-state index contributed by atoms with van der Waals surface area (Å²) in [6, 6.07) is 19.0. The average molecular weight is 432 g/mol. The number of anilines is 2. The Balaban J connectivity index is 1.37. The number of pyridine rings is 1. The molecule has 1 aliphatic heterocycles. The number of likely N-dealkylation sites (N-methyl/N-ethyl adjacent to an activating group) is 1. The Hall–Kier alpha value is -3.94. The Labute approximate surface area is 186 Å². The summed E-state index contributed by atoms with van der Waals surface area (Å²) in [7, 11) is 1.90. The van der Waals surface area contributed by atoms with E-state index in [1.807, 2.05) is 67.4 Å². The molecular formula is C24H24N4O4. The van der Waals surface area contributed by atoms with Crippen molar-refractivity contribution in [1.29, 1.82) is 0 Å². The van der Waals surface area contributed by atoms with Crippen molar-refractivity contribution in [2.24, 2.45) is 5.18 Å². The molecular weight excluding hydrogens is 408 g/mol. The number of amides is 1. The molecule has 0 aliphatic carbocycles. The zero-order valence-corrected chi connectivity index (χ0v) is 18.0. The monoisotopic (exact) mass is 432 g/mol. The van der Waals surface area contributed by atoms with Crippen LogP contribution in [0, 0.1) is 4.91 Å². The molecule has 2 aromatic carbocycles. The van der Waals surface area contributed by atoms with Crippen molar-refractivity contribution in [3.63, 3.8) is 0 Å². The second-order valence-corrected chi connectivity index (χ2v) is 7.49. The Morgan fingerprint density at radius 3 is 2.38 bits per heavy atom. The van der Waals surface area contributed by atoms with Crippen LogP contribution in [-0.2, 0) is 11.2 Å². The fourth-order valence-corrected chi connectivity index (χ4v) is 3.65. The Kier molecular flexibility index (Phi) is 6.30. The molecule has 0 radical (unpaired) electrons. The lowest BCUT2D eigenvalue weighted by Gasteiger charge is -2.19. The first-order valence-electron chi connectivity index (χ1n) is 10.4. The smallest absolute Gasteiger partial charge is 0.410 e. The molecule has 1 amide bonds. The van der Waals surface area contributed by atoms with Gasteiger partial charge < -0.3 is 19.3 Å². The fraction of sp³-hybridized carbons (Fsp3) is 0.250. The highest BCUT2D eigenvalue weighted by Crippen LogP contribution is 2.28. The van der Waals surface area contributed by atoms with Crippen LogP contribution in [0.25, 0.3) is 0 Å². The van der Waals surface area contributed by atoms with Gasteiger partial charge >= 0.3 is 6.09 Å². The van der Waals surface area contributed by atoms with Gasteiger partial charge in [-0.2, -0.15) is 0 Å². The van der Waals surface area contributed by atoms with Crippen molar-refractivity contribution in [2.75, 3.05) is 25.1 Å². The van der Waals surface area contributed by atoms with Gasteiger partial charge in [-0.15, -0.1) is 4.91 Å². The summed E-state index contributed by atoms with van der Waals surface area (Å²) < 4.78 is 11.1.